The van der Waals surface area contributed by atoms with Gasteiger partial charge in [-0.25, -0.2) is 21.9 Å². The Labute approximate surface area is 153 Å². The first-order valence-corrected chi connectivity index (χ1v) is 9.37. The van der Waals surface area contributed by atoms with Crippen molar-refractivity contribution in [3.05, 3.63) is 41.7 Å². The second kappa shape index (κ2) is 6.91. The summed E-state index contributed by atoms with van der Waals surface area (Å²) in [4.78, 5) is 12.3. The molecule has 1 aliphatic heterocycles. The molecule has 3 N–H and O–H groups in total. The minimum absolute atomic E-state index is 0.00897. The van der Waals surface area contributed by atoms with E-state index in [0.717, 1.165) is 12.1 Å². The lowest BCUT2D eigenvalue weighted by molar-refractivity contribution is 0.100. The highest BCUT2D eigenvalue weighted by Gasteiger charge is 2.35. The van der Waals surface area contributed by atoms with E-state index >= 15 is 0 Å². The van der Waals surface area contributed by atoms with E-state index in [9.17, 15) is 27.1 Å². The van der Waals surface area contributed by atoms with Crippen LogP contribution in [0.2, 0.25) is 0 Å². The van der Waals surface area contributed by atoms with Gasteiger partial charge in [-0.1, -0.05) is 0 Å². The summed E-state index contributed by atoms with van der Waals surface area (Å²) in [6, 6.07) is 1.93. The van der Waals surface area contributed by atoms with Gasteiger partial charge in [-0.05, 0) is 19.1 Å². The molecule has 2 atom stereocenters. The molecule has 11 heteroatoms. The SMILES string of the molecule is C[C@@H](O)[C@@H]1COc2c(cn(C)c2C(=O)Nc2ccc(F)c(F)c2)S(=O)(=O)N1. The van der Waals surface area contributed by atoms with E-state index in [2.05, 4.69) is 10.0 Å². The highest BCUT2D eigenvalue weighted by molar-refractivity contribution is 7.89. The second-order valence-electron chi connectivity index (χ2n) is 6.14. The summed E-state index contributed by atoms with van der Waals surface area (Å²) < 4.78 is 60.4. The van der Waals surface area contributed by atoms with Crippen molar-refractivity contribution >= 4 is 21.6 Å². The maximum Gasteiger partial charge on any atom is 0.276 e. The van der Waals surface area contributed by atoms with E-state index < -0.39 is 39.7 Å². The first kappa shape index (κ1) is 19.3. The molecule has 0 aliphatic carbocycles. The number of sulfonamides is 1. The van der Waals surface area contributed by atoms with Crippen LogP contribution in [0, 0.1) is 11.6 Å². The molecular weight excluding hydrogens is 384 g/mol. The Morgan fingerprint density at radius 1 is 1.41 bits per heavy atom. The monoisotopic (exact) mass is 401 g/mol. The molecule has 8 nitrogen and oxygen atoms in total. The number of nitrogens with one attached hydrogen (secondary N) is 2. The normalized spacial score (nSPS) is 19.5. The molecule has 1 amide bonds. The van der Waals surface area contributed by atoms with E-state index in [1.165, 1.54) is 30.8 Å². The van der Waals surface area contributed by atoms with E-state index in [4.69, 9.17) is 4.74 Å². The molecule has 3 rings (SSSR count). The minimum Gasteiger partial charge on any atom is -0.488 e. The number of benzene rings is 1. The number of aliphatic hydroxyl groups excluding tert-OH is 1. The average Bonchev–Trinajstić information content (AvgIpc) is 2.85. The van der Waals surface area contributed by atoms with Crippen molar-refractivity contribution in [1.29, 1.82) is 0 Å². The number of amides is 1. The summed E-state index contributed by atoms with van der Waals surface area (Å²) in [5.74, 6) is -3.16. The van der Waals surface area contributed by atoms with Gasteiger partial charge < -0.3 is 19.7 Å². The Balaban J connectivity index is 1.97. The Kier molecular flexibility index (Phi) is 4.93. The lowest BCUT2D eigenvalue weighted by Crippen LogP contribution is -2.44. The summed E-state index contributed by atoms with van der Waals surface area (Å²) >= 11 is 0. The van der Waals surface area contributed by atoms with Gasteiger partial charge in [-0.3, -0.25) is 4.79 Å². The molecule has 146 valence electrons. The van der Waals surface area contributed by atoms with Crippen LogP contribution in [0.3, 0.4) is 0 Å². The van der Waals surface area contributed by atoms with Gasteiger partial charge in [0.2, 0.25) is 10.0 Å². The van der Waals surface area contributed by atoms with Crippen molar-refractivity contribution in [2.45, 2.75) is 24.0 Å². The van der Waals surface area contributed by atoms with Crippen molar-refractivity contribution in [2.75, 3.05) is 11.9 Å². The number of carbonyl (C=O) groups is 1. The topological polar surface area (TPSA) is 110 Å². The third-order valence-corrected chi connectivity index (χ3v) is 5.56. The largest absolute Gasteiger partial charge is 0.488 e. The smallest absolute Gasteiger partial charge is 0.276 e. The molecule has 0 radical (unpaired) electrons. The third-order valence-electron chi connectivity index (χ3n) is 4.08. The van der Waals surface area contributed by atoms with E-state index in [1.807, 2.05) is 0 Å². The number of hydrogen-bond donors (Lipinski definition) is 3. The quantitative estimate of drug-likeness (QED) is 0.710. The first-order valence-electron chi connectivity index (χ1n) is 7.89. The van der Waals surface area contributed by atoms with E-state index in [0.29, 0.717) is 0 Å². The fourth-order valence-electron chi connectivity index (χ4n) is 2.64. The molecule has 0 saturated carbocycles. The lowest BCUT2D eigenvalue weighted by Gasteiger charge is -2.18. The molecule has 0 unspecified atom stereocenters. The Bertz CT molecular complexity index is 1000. The predicted molar refractivity (Wildman–Crippen MR) is 91.0 cm³/mol. The molecule has 1 aromatic carbocycles. The first-order chi connectivity index (χ1) is 12.6. The number of halogens is 2. The molecule has 27 heavy (non-hydrogen) atoms. The maximum absolute atomic E-state index is 13.3. The fraction of sp³-hybridized carbons (Fsp3) is 0.312. The number of nitrogens with zero attached hydrogens (tertiary/aromatic N) is 1. The molecule has 2 heterocycles. The van der Waals surface area contributed by atoms with Gasteiger partial charge in [0.1, 0.15) is 11.5 Å². The predicted octanol–water partition coefficient (Wildman–Crippen LogP) is 0.976. The van der Waals surface area contributed by atoms with Crippen LogP contribution in [0.5, 0.6) is 5.75 Å². The number of anilines is 1. The van der Waals surface area contributed by atoms with Crippen LogP contribution < -0.4 is 14.8 Å². The number of aliphatic hydroxyl groups is 1. The van der Waals surface area contributed by atoms with Gasteiger partial charge in [0.05, 0.1) is 12.1 Å². The highest BCUT2D eigenvalue weighted by Crippen LogP contribution is 2.33. The highest BCUT2D eigenvalue weighted by atomic mass is 32.2. The van der Waals surface area contributed by atoms with Gasteiger partial charge in [0.15, 0.2) is 23.1 Å². The zero-order chi connectivity index (χ0) is 19.9. The summed E-state index contributed by atoms with van der Waals surface area (Å²) in [6.07, 6.45) is 0.180. The molecule has 1 aliphatic rings. The van der Waals surface area contributed by atoms with Crippen LogP contribution in [0.25, 0.3) is 0 Å². The van der Waals surface area contributed by atoms with Crippen LogP contribution in [0.15, 0.2) is 29.3 Å². The number of hydrogen-bond acceptors (Lipinski definition) is 5. The van der Waals surface area contributed by atoms with Crippen LogP contribution in [0.4, 0.5) is 14.5 Å². The van der Waals surface area contributed by atoms with Crippen LogP contribution >= 0.6 is 0 Å². The van der Waals surface area contributed by atoms with Crippen molar-refractivity contribution in [3.63, 3.8) is 0 Å². The standard InChI is InChI=1S/C16H17F2N3O5S/c1-8(22)12-7-26-15-13(27(24,25)20-12)6-21(2)14(15)16(23)19-9-3-4-10(17)11(18)5-9/h3-6,8,12,20,22H,7H2,1-2H3,(H,19,23)/t8-,12+/m1/s1. The van der Waals surface area contributed by atoms with Gasteiger partial charge in [-0.2, -0.15) is 0 Å². The van der Waals surface area contributed by atoms with Crippen molar-refractivity contribution in [3.8, 4) is 5.75 Å². The van der Waals surface area contributed by atoms with Gasteiger partial charge in [0.25, 0.3) is 5.91 Å². The number of fused-ring (bicyclic) bond motifs is 1. The van der Waals surface area contributed by atoms with Crippen LogP contribution in [-0.2, 0) is 17.1 Å². The number of aryl methyl sites for hydroxylation is 1. The molecule has 1 aromatic heterocycles. The summed E-state index contributed by atoms with van der Waals surface area (Å²) in [6.45, 7) is 1.21. The lowest BCUT2D eigenvalue weighted by atomic mass is 10.2. The molecule has 0 bridgehead atoms. The van der Waals surface area contributed by atoms with Crippen molar-refractivity contribution in [1.82, 2.24) is 9.29 Å². The third kappa shape index (κ3) is 3.66. The van der Waals surface area contributed by atoms with Gasteiger partial charge in [0, 0.05) is 25.0 Å². The van der Waals surface area contributed by atoms with Gasteiger partial charge in [-0.15, -0.1) is 0 Å². The average molecular weight is 401 g/mol. The van der Waals surface area contributed by atoms with Crippen molar-refractivity contribution < 1.29 is 31.8 Å². The Morgan fingerprint density at radius 2 is 2.11 bits per heavy atom. The zero-order valence-corrected chi connectivity index (χ0v) is 15.2. The number of rotatable bonds is 3. The van der Waals surface area contributed by atoms with Crippen molar-refractivity contribution in [2.24, 2.45) is 7.05 Å². The number of aromatic nitrogens is 1. The Hall–Kier alpha value is -2.50. The van der Waals surface area contributed by atoms with Crippen LogP contribution in [0.1, 0.15) is 17.4 Å². The molecule has 2 aromatic rings. The summed E-state index contributed by atoms with van der Waals surface area (Å²) in [5.41, 5.74) is -0.128. The molecular formula is C16H17F2N3O5S. The van der Waals surface area contributed by atoms with E-state index in [1.54, 1.807) is 0 Å². The summed E-state index contributed by atoms with van der Waals surface area (Å²) in [5, 5.41) is 12.0. The number of ether oxygens (including phenoxy) is 1. The zero-order valence-electron chi connectivity index (χ0n) is 14.4. The molecule has 0 saturated heterocycles. The van der Waals surface area contributed by atoms with E-state index in [-0.39, 0.29) is 28.6 Å². The molecule has 0 spiro atoms. The summed E-state index contributed by atoms with van der Waals surface area (Å²) in [7, 11) is -2.59. The fourth-order valence-corrected chi connectivity index (χ4v) is 4.13. The number of carbonyl (C=O) groups excluding carboxylic acids is 1. The molecule has 0 fully saturated rings. The van der Waals surface area contributed by atoms with Gasteiger partial charge >= 0.3 is 0 Å². The van der Waals surface area contributed by atoms with Crippen LogP contribution in [-0.4, -0.2) is 42.8 Å². The maximum atomic E-state index is 13.3. The second-order valence-corrected chi connectivity index (χ2v) is 7.83. The Morgan fingerprint density at radius 3 is 2.74 bits per heavy atom. The minimum atomic E-state index is -4.04.